The highest BCUT2D eigenvalue weighted by molar-refractivity contribution is 9.10. The zero-order chi connectivity index (χ0) is 15.1. The fourth-order valence-corrected chi connectivity index (χ4v) is 3.77. The van der Waals surface area contributed by atoms with Gasteiger partial charge in [0.2, 0.25) is 0 Å². The molecule has 1 aromatic heterocycles. The predicted octanol–water partition coefficient (Wildman–Crippen LogP) is 4.64. The van der Waals surface area contributed by atoms with Crippen molar-refractivity contribution < 1.29 is 0 Å². The molecule has 2 nitrogen and oxygen atoms in total. The van der Waals surface area contributed by atoms with E-state index in [1.165, 1.54) is 21.7 Å². The molecule has 2 rings (SSSR count). The van der Waals surface area contributed by atoms with E-state index in [1.54, 1.807) is 0 Å². The quantitative estimate of drug-likeness (QED) is 0.684. The number of benzene rings is 1. The molecule has 0 unspecified atom stereocenters. The molecule has 1 aromatic carbocycles. The molecule has 0 aliphatic rings. The van der Waals surface area contributed by atoms with Crippen molar-refractivity contribution in [1.82, 2.24) is 10.2 Å². The Hall–Kier alpha value is -0.680. The molecule has 0 atom stereocenters. The molecule has 2 aromatic rings. The largest absolute Gasteiger partial charge is 0.312 e. The molecule has 0 radical (unpaired) electrons. The molecular formula is C17H23BrN2S. The zero-order valence-electron chi connectivity index (χ0n) is 12.7. The van der Waals surface area contributed by atoms with Crippen LogP contribution in [0.15, 0.2) is 40.9 Å². The number of hydrogen-bond donors (Lipinski definition) is 1. The van der Waals surface area contributed by atoms with Crippen molar-refractivity contribution in [2.45, 2.75) is 33.0 Å². The molecule has 0 fully saturated rings. The van der Waals surface area contributed by atoms with Crippen molar-refractivity contribution in [3.63, 3.8) is 0 Å². The summed E-state index contributed by atoms with van der Waals surface area (Å²) in [5.41, 5.74) is 1.34. The Morgan fingerprint density at radius 2 is 1.95 bits per heavy atom. The van der Waals surface area contributed by atoms with Gasteiger partial charge in [-0.15, -0.1) is 11.3 Å². The topological polar surface area (TPSA) is 15.3 Å². The first kappa shape index (κ1) is 16.7. The van der Waals surface area contributed by atoms with E-state index in [9.17, 15) is 0 Å². The van der Waals surface area contributed by atoms with Gasteiger partial charge in [0.1, 0.15) is 0 Å². The molecule has 0 saturated carbocycles. The molecule has 114 valence electrons. The van der Waals surface area contributed by atoms with Crippen LogP contribution < -0.4 is 5.32 Å². The van der Waals surface area contributed by atoms with E-state index in [-0.39, 0.29) is 0 Å². The van der Waals surface area contributed by atoms with Crippen LogP contribution >= 0.6 is 27.3 Å². The molecule has 0 spiro atoms. The van der Waals surface area contributed by atoms with Crippen molar-refractivity contribution in [3.05, 3.63) is 56.2 Å². The minimum Gasteiger partial charge on any atom is -0.312 e. The number of rotatable bonds is 8. The van der Waals surface area contributed by atoms with Crippen molar-refractivity contribution in [1.29, 1.82) is 0 Å². The van der Waals surface area contributed by atoms with Crippen LogP contribution in [0.4, 0.5) is 0 Å². The monoisotopic (exact) mass is 366 g/mol. The van der Waals surface area contributed by atoms with E-state index in [4.69, 9.17) is 0 Å². The van der Waals surface area contributed by atoms with Gasteiger partial charge in [-0.2, -0.15) is 0 Å². The van der Waals surface area contributed by atoms with Crippen LogP contribution in [0.5, 0.6) is 0 Å². The van der Waals surface area contributed by atoms with Gasteiger partial charge in [0, 0.05) is 33.9 Å². The highest BCUT2D eigenvalue weighted by Crippen LogP contribution is 2.19. The third-order valence-electron chi connectivity index (χ3n) is 3.21. The number of nitrogens with one attached hydrogen (secondary N) is 1. The highest BCUT2D eigenvalue weighted by Gasteiger charge is 2.05. The lowest BCUT2D eigenvalue weighted by Crippen LogP contribution is -2.16. The smallest absolute Gasteiger partial charge is 0.0328 e. The van der Waals surface area contributed by atoms with Gasteiger partial charge >= 0.3 is 0 Å². The Labute approximate surface area is 140 Å². The van der Waals surface area contributed by atoms with Crippen LogP contribution in [0.2, 0.25) is 0 Å². The maximum atomic E-state index is 3.53. The summed E-state index contributed by atoms with van der Waals surface area (Å²) in [6.07, 6.45) is 1.19. The van der Waals surface area contributed by atoms with E-state index in [2.05, 4.69) is 76.5 Å². The summed E-state index contributed by atoms with van der Waals surface area (Å²) in [7, 11) is 2.18. The highest BCUT2D eigenvalue weighted by atomic mass is 79.9. The van der Waals surface area contributed by atoms with Crippen LogP contribution in [-0.2, 0) is 19.6 Å². The Kier molecular flexibility index (Phi) is 6.90. The Morgan fingerprint density at radius 3 is 2.71 bits per heavy atom. The first-order valence-corrected chi connectivity index (χ1v) is 8.99. The Bertz CT molecular complexity index is 553. The number of thiophene rings is 1. The van der Waals surface area contributed by atoms with Crippen molar-refractivity contribution in [3.8, 4) is 0 Å². The van der Waals surface area contributed by atoms with Crippen LogP contribution in [0.3, 0.4) is 0 Å². The molecule has 21 heavy (non-hydrogen) atoms. The summed E-state index contributed by atoms with van der Waals surface area (Å²) in [5, 5.41) is 3.46. The average Bonchev–Trinajstić information content (AvgIpc) is 2.86. The lowest BCUT2D eigenvalue weighted by Gasteiger charge is -2.15. The average molecular weight is 367 g/mol. The van der Waals surface area contributed by atoms with Gasteiger partial charge in [-0.25, -0.2) is 0 Å². The third-order valence-corrected chi connectivity index (χ3v) is 4.77. The second-order valence-electron chi connectivity index (χ2n) is 5.35. The van der Waals surface area contributed by atoms with Crippen LogP contribution in [0.25, 0.3) is 0 Å². The van der Waals surface area contributed by atoms with E-state index >= 15 is 0 Å². The lowest BCUT2D eigenvalue weighted by molar-refractivity contribution is 0.322. The van der Waals surface area contributed by atoms with Gasteiger partial charge in [0.05, 0.1) is 0 Å². The third kappa shape index (κ3) is 5.91. The lowest BCUT2D eigenvalue weighted by atomic mass is 10.2. The number of halogens is 1. The number of hydrogen-bond acceptors (Lipinski definition) is 3. The van der Waals surface area contributed by atoms with Gasteiger partial charge in [-0.05, 0) is 49.8 Å². The predicted molar refractivity (Wildman–Crippen MR) is 95.6 cm³/mol. The van der Waals surface area contributed by atoms with E-state index in [1.807, 2.05) is 11.3 Å². The fraction of sp³-hybridized carbons (Fsp3) is 0.412. The van der Waals surface area contributed by atoms with E-state index in [0.717, 1.165) is 30.7 Å². The molecule has 1 N–H and O–H groups in total. The molecule has 0 aliphatic carbocycles. The van der Waals surface area contributed by atoms with Crippen molar-refractivity contribution >= 4 is 27.3 Å². The summed E-state index contributed by atoms with van der Waals surface area (Å²) in [6.45, 7) is 6.26. The van der Waals surface area contributed by atoms with Crippen molar-refractivity contribution in [2.75, 3.05) is 13.6 Å². The summed E-state index contributed by atoms with van der Waals surface area (Å²) in [5.74, 6) is 0. The second-order valence-corrected chi connectivity index (χ2v) is 7.52. The summed E-state index contributed by atoms with van der Waals surface area (Å²) in [6, 6.07) is 13.0. The normalized spacial score (nSPS) is 11.2. The maximum absolute atomic E-state index is 3.53. The van der Waals surface area contributed by atoms with Gasteiger partial charge in [-0.3, -0.25) is 4.90 Å². The zero-order valence-corrected chi connectivity index (χ0v) is 15.1. The van der Waals surface area contributed by atoms with Crippen molar-refractivity contribution in [2.24, 2.45) is 0 Å². The second kappa shape index (κ2) is 8.69. The first-order valence-electron chi connectivity index (χ1n) is 7.38. The summed E-state index contributed by atoms with van der Waals surface area (Å²) in [4.78, 5) is 5.21. The maximum Gasteiger partial charge on any atom is 0.0328 e. The molecule has 4 heteroatoms. The molecule has 0 amide bonds. The molecule has 1 heterocycles. The summed E-state index contributed by atoms with van der Waals surface area (Å²) < 4.78 is 1.15. The summed E-state index contributed by atoms with van der Waals surface area (Å²) >= 11 is 5.44. The molecule has 0 saturated heterocycles. The SMILES string of the molecule is CCCNCc1ccc(CN(C)Cc2cccc(Br)c2)s1. The standard InChI is InChI=1S/C17H23BrN2S/c1-3-9-19-11-16-7-8-17(21-16)13-20(2)12-14-5-4-6-15(18)10-14/h4-8,10,19H,3,9,11-13H2,1-2H3. The van der Waals surface area contributed by atoms with E-state index in [0.29, 0.717) is 0 Å². The van der Waals surface area contributed by atoms with Gasteiger partial charge < -0.3 is 5.32 Å². The van der Waals surface area contributed by atoms with Crippen LogP contribution in [-0.4, -0.2) is 18.5 Å². The minimum absolute atomic E-state index is 0.973. The molecule has 0 bridgehead atoms. The molecular weight excluding hydrogens is 344 g/mol. The first-order chi connectivity index (χ1) is 10.2. The van der Waals surface area contributed by atoms with Crippen LogP contribution in [0, 0.1) is 0 Å². The Morgan fingerprint density at radius 1 is 1.14 bits per heavy atom. The van der Waals surface area contributed by atoms with Gasteiger partial charge in [-0.1, -0.05) is 35.0 Å². The van der Waals surface area contributed by atoms with Gasteiger partial charge in [0.25, 0.3) is 0 Å². The van der Waals surface area contributed by atoms with Gasteiger partial charge in [0.15, 0.2) is 0 Å². The minimum atomic E-state index is 0.973. The fourth-order valence-electron chi connectivity index (χ4n) is 2.26. The Balaban J connectivity index is 1.83. The number of nitrogens with zero attached hydrogens (tertiary/aromatic N) is 1. The molecule has 0 aliphatic heterocycles. The van der Waals surface area contributed by atoms with E-state index < -0.39 is 0 Å². The van der Waals surface area contributed by atoms with Crippen LogP contribution in [0.1, 0.15) is 28.7 Å².